The normalized spacial score (nSPS) is 18.9. The lowest BCUT2D eigenvalue weighted by Gasteiger charge is -2.31. The van der Waals surface area contributed by atoms with E-state index in [0.29, 0.717) is 10.6 Å². The van der Waals surface area contributed by atoms with Gasteiger partial charge in [-0.1, -0.05) is 0 Å². The molecule has 0 bridgehead atoms. The number of nitrogens with one attached hydrogen (secondary N) is 1. The van der Waals surface area contributed by atoms with E-state index in [-0.39, 0.29) is 12.5 Å². The lowest BCUT2D eigenvalue weighted by molar-refractivity contribution is -0.138. The number of anilines is 1. The molecule has 21 heavy (non-hydrogen) atoms. The highest BCUT2D eigenvalue weighted by Crippen LogP contribution is 2.28. The van der Waals surface area contributed by atoms with Gasteiger partial charge in [0.05, 0.1) is 4.88 Å². The summed E-state index contributed by atoms with van der Waals surface area (Å²) in [5.74, 6) is -1.23. The molecule has 2 heterocycles. The van der Waals surface area contributed by atoms with Crippen molar-refractivity contribution in [2.24, 2.45) is 0 Å². The van der Waals surface area contributed by atoms with Gasteiger partial charge in [-0.2, -0.15) is 0 Å². The van der Waals surface area contributed by atoms with Crippen LogP contribution in [0.25, 0.3) is 10.1 Å². The number of hydrogen-bond donors (Lipinski definition) is 2. The third-order valence-electron chi connectivity index (χ3n) is 3.44. The minimum atomic E-state index is -0.662. The van der Waals surface area contributed by atoms with Crippen LogP contribution in [0.2, 0.25) is 0 Å². The summed E-state index contributed by atoms with van der Waals surface area (Å²) in [7, 11) is 0. The van der Waals surface area contributed by atoms with E-state index in [1.807, 2.05) is 6.07 Å². The predicted molar refractivity (Wildman–Crippen MR) is 79.9 cm³/mol. The fourth-order valence-electron chi connectivity index (χ4n) is 2.27. The summed E-state index contributed by atoms with van der Waals surface area (Å²) in [6.45, 7) is 1.49. The van der Waals surface area contributed by atoms with Gasteiger partial charge in [0.2, 0.25) is 11.8 Å². The van der Waals surface area contributed by atoms with E-state index < -0.39 is 17.9 Å². The van der Waals surface area contributed by atoms with Crippen molar-refractivity contribution in [1.82, 2.24) is 10.2 Å². The molecule has 1 saturated heterocycles. The SMILES string of the molecule is CC1C(=O)NC(=O)CN1C(=O)c1cc2cc(N)ccc2s1. The smallest absolute Gasteiger partial charge is 0.265 e. The minimum Gasteiger partial charge on any atom is -0.399 e. The monoisotopic (exact) mass is 303 g/mol. The summed E-state index contributed by atoms with van der Waals surface area (Å²) in [6.07, 6.45) is 0. The Labute approximate surface area is 124 Å². The molecular weight excluding hydrogens is 290 g/mol. The molecule has 1 aliphatic heterocycles. The van der Waals surface area contributed by atoms with Crippen molar-refractivity contribution in [3.8, 4) is 0 Å². The number of carbonyl (C=O) groups excluding carboxylic acids is 3. The van der Waals surface area contributed by atoms with Gasteiger partial charge in [0, 0.05) is 10.4 Å². The maximum atomic E-state index is 12.5. The Kier molecular flexibility index (Phi) is 3.13. The number of nitrogens with zero attached hydrogens (tertiary/aromatic N) is 1. The summed E-state index contributed by atoms with van der Waals surface area (Å²) in [4.78, 5) is 37.4. The maximum absolute atomic E-state index is 12.5. The Balaban J connectivity index is 1.95. The first-order chi connectivity index (χ1) is 9.95. The third-order valence-corrected chi connectivity index (χ3v) is 4.54. The van der Waals surface area contributed by atoms with Gasteiger partial charge in [0.25, 0.3) is 5.91 Å². The molecule has 3 N–H and O–H groups in total. The van der Waals surface area contributed by atoms with E-state index in [9.17, 15) is 14.4 Å². The number of nitrogen functional groups attached to an aromatic ring is 1. The van der Waals surface area contributed by atoms with Crippen LogP contribution in [0.15, 0.2) is 24.3 Å². The number of amides is 3. The van der Waals surface area contributed by atoms with Gasteiger partial charge in [-0.25, -0.2) is 0 Å². The molecule has 0 spiro atoms. The van der Waals surface area contributed by atoms with Crippen LogP contribution < -0.4 is 11.1 Å². The van der Waals surface area contributed by atoms with E-state index in [0.717, 1.165) is 10.1 Å². The number of hydrogen-bond acceptors (Lipinski definition) is 5. The fourth-order valence-corrected chi connectivity index (χ4v) is 3.27. The summed E-state index contributed by atoms with van der Waals surface area (Å²) in [5, 5.41) is 3.09. The van der Waals surface area contributed by atoms with Crippen LogP contribution in [-0.4, -0.2) is 35.2 Å². The van der Waals surface area contributed by atoms with Gasteiger partial charge in [0.1, 0.15) is 12.6 Å². The van der Waals surface area contributed by atoms with Gasteiger partial charge in [-0.3, -0.25) is 19.7 Å². The molecule has 1 atom stereocenters. The topological polar surface area (TPSA) is 92.5 Å². The molecule has 0 aliphatic carbocycles. The number of rotatable bonds is 1. The number of thiophene rings is 1. The van der Waals surface area contributed by atoms with E-state index in [1.54, 1.807) is 25.1 Å². The van der Waals surface area contributed by atoms with Crippen molar-refractivity contribution in [2.45, 2.75) is 13.0 Å². The Morgan fingerprint density at radius 1 is 1.38 bits per heavy atom. The van der Waals surface area contributed by atoms with Gasteiger partial charge in [-0.15, -0.1) is 11.3 Å². The average molecular weight is 303 g/mol. The van der Waals surface area contributed by atoms with Crippen LogP contribution >= 0.6 is 11.3 Å². The summed E-state index contributed by atoms with van der Waals surface area (Å²) < 4.78 is 0.938. The molecule has 2 aromatic rings. The number of imide groups is 1. The van der Waals surface area contributed by atoms with Crippen molar-refractivity contribution < 1.29 is 14.4 Å². The molecule has 7 heteroatoms. The second-order valence-corrected chi connectivity index (χ2v) is 6.01. The zero-order valence-corrected chi connectivity index (χ0v) is 12.1. The number of benzene rings is 1. The number of carbonyl (C=O) groups is 3. The summed E-state index contributed by atoms with van der Waals surface area (Å²) in [6, 6.07) is 6.49. The van der Waals surface area contributed by atoms with Crippen LogP contribution in [0.1, 0.15) is 16.6 Å². The average Bonchev–Trinajstić information content (AvgIpc) is 2.85. The number of fused-ring (bicyclic) bond motifs is 1. The van der Waals surface area contributed by atoms with Crippen molar-refractivity contribution >= 4 is 44.8 Å². The lowest BCUT2D eigenvalue weighted by atomic mass is 10.2. The maximum Gasteiger partial charge on any atom is 0.265 e. The van der Waals surface area contributed by atoms with Crippen molar-refractivity contribution in [2.75, 3.05) is 12.3 Å². The Morgan fingerprint density at radius 2 is 2.14 bits per heavy atom. The molecular formula is C14H13N3O3S. The molecule has 1 unspecified atom stereocenters. The van der Waals surface area contributed by atoms with Gasteiger partial charge in [-0.05, 0) is 36.6 Å². The zero-order chi connectivity index (χ0) is 15.1. The van der Waals surface area contributed by atoms with Crippen LogP contribution in [0.3, 0.4) is 0 Å². The van der Waals surface area contributed by atoms with Gasteiger partial charge in [0.15, 0.2) is 0 Å². The molecule has 0 saturated carbocycles. The number of piperazine rings is 1. The molecule has 1 aliphatic rings. The molecule has 1 fully saturated rings. The first kappa shape index (κ1) is 13.6. The van der Waals surface area contributed by atoms with Gasteiger partial charge < -0.3 is 10.6 Å². The molecule has 3 amide bonds. The molecule has 0 radical (unpaired) electrons. The van der Waals surface area contributed by atoms with Crippen molar-refractivity contribution in [3.05, 3.63) is 29.1 Å². The molecule has 108 valence electrons. The highest BCUT2D eigenvalue weighted by molar-refractivity contribution is 7.20. The largest absolute Gasteiger partial charge is 0.399 e. The highest BCUT2D eigenvalue weighted by atomic mass is 32.1. The van der Waals surface area contributed by atoms with Crippen LogP contribution in [0.5, 0.6) is 0 Å². The first-order valence-electron chi connectivity index (χ1n) is 6.39. The predicted octanol–water partition coefficient (Wildman–Crippen LogP) is 0.971. The Morgan fingerprint density at radius 3 is 2.90 bits per heavy atom. The molecule has 1 aromatic carbocycles. The molecule has 1 aromatic heterocycles. The zero-order valence-electron chi connectivity index (χ0n) is 11.3. The second-order valence-electron chi connectivity index (χ2n) is 4.93. The standard InChI is InChI=1S/C14H13N3O3S/c1-7-13(19)16-12(18)6-17(7)14(20)11-5-8-4-9(15)2-3-10(8)21-11/h2-5,7H,6,15H2,1H3,(H,16,18,19). The molecule has 6 nitrogen and oxygen atoms in total. The Hall–Kier alpha value is -2.41. The van der Waals surface area contributed by atoms with Crippen molar-refractivity contribution in [3.63, 3.8) is 0 Å². The highest BCUT2D eigenvalue weighted by Gasteiger charge is 2.34. The second kappa shape index (κ2) is 4.85. The third kappa shape index (κ3) is 2.36. The quantitative estimate of drug-likeness (QED) is 0.606. The van der Waals surface area contributed by atoms with Crippen LogP contribution in [-0.2, 0) is 9.59 Å². The fraction of sp³-hybridized carbons (Fsp3) is 0.214. The van der Waals surface area contributed by atoms with E-state index in [4.69, 9.17) is 5.73 Å². The van der Waals surface area contributed by atoms with Gasteiger partial charge >= 0.3 is 0 Å². The lowest BCUT2D eigenvalue weighted by Crippen LogP contribution is -2.58. The van der Waals surface area contributed by atoms with Crippen LogP contribution in [0, 0.1) is 0 Å². The minimum absolute atomic E-state index is 0.109. The van der Waals surface area contributed by atoms with E-state index >= 15 is 0 Å². The Bertz CT molecular complexity index is 768. The van der Waals surface area contributed by atoms with E-state index in [1.165, 1.54) is 16.2 Å². The van der Waals surface area contributed by atoms with Crippen LogP contribution in [0.4, 0.5) is 5.69 Å². The van der Waals surface area contributed by atoms with E-state index in [2.05, 4.69) is 5.32 Å². The summed E-state index contributed by atoms with van der Waals surface area (Å²) >= 11 is 1.32. The van der Waals surface area contributed by atoms with Crippen molar-refractivity contribution in [1.29, 1.82) is 0 Å². The molecule has 3 rings (SSSR count). The number of nitrogens with two attached hydrogens (primary N) is 1. The first-order valence-corrected chi connectivity index (χ1v) is 7.21. The summed E-state index contributed by atoms with van der Waals surface area (Å²) in [5.41, 5.74) is 6.35.